The van der Waals surface area contributed by atoms with Gasteiger partial charge in [-0.3, -0.25) is 24.6 Å². The Hall–Kier alpha value is -4.87. The van der Waals surface area contributed by atoms with Crippen LogP contribution >= 0.6 is 0 Å². The van der Waals surface area contributed by atoms with E-state index < -0.39 is 5.91 Å². The van der Waals surface area contributed by atoms with Gasteiger partial charge in [0.1, 0.15) is 23.0 Å². The molecule has 0 bridgehead atoms. The fourth-order valence-electron chi connectivity index (χ4n) is 5.43. The van der Waals surface area contributed by atoms with Gasteiger partial charge in [-0.15, -0.1) is 0 Å². The van der Waals surface area contributed by atoms with Gasteiger partial charge in [0.25, 0.3) is 11.5 Å². The summed E-state index contributed by atoms with van der Waals surface area (Å²) in [5.74, 6) is -0.499. The number of aliphatic imine (C=N–C) groups is 1. The highest BCUT2D eigenvalue weighted by molar-refractivity contribution is 6.42. The van der Waals surface area contributed by atoms with Gasteiger partial charge in [-0.05, 0) is 31.1 Å². The Kier molecular flexibility index (Phi) is 5.93. The van der Waals surface area contributed by atoms with Crippen molar-refractivity contribution in [3.8, 4) is 0 Å². The second kappa shape index (κ2) is 9.46. The number of likely N-dealkylation sites (tertiary alicyclic amines) is 1. The Labute approximate surface area is 221 Å². The molecule has 2 aliphatic heterocycles. The van der Waals surface area contributed by atoms with Crippen LogP contribution in [0, 0.1) is 11.3 Å². The van der Waals surface area contributed by atoms with E-state index in [0.717, 1.165) is 23.5 Å². The molecule has 1 aliphatic carbocycles. The van der Waals surface area contributed by atoms with Crippen LogP contribution < -0.4 is 11.3 Å². The number of hydrogen-bond acceptors (Lipinski definition) is 7. The Balaban J connectivity index is 1.38. The minimum Gasteiger partial charge on any atom is -0.705 e. The molecule has 11 nitrogen and oxygen atoms in total. The molecule has 0 radical (unpaired) electrons. The van der Waals surface area contributed by atoms with Gasteiger partial charge in [-0.2, -0.15) is 15.8 Å². The van der Waals surface area contributed by atoms with E-state index >= 15 is 0 Å². The number of piperidine rings is 1. The summed E-state index contributed by atoms with van der Waals surface area (Å²) in [5, 5.41) is 12.8. The van der Waals surface area contributed by atoms with Gasteiger partial charge in [0.2, 0.25) is 0 Å². The van der Waals surface area contributed by atoms with Gasteiger partial charge in [-0.1, -0.05) is 12.2 Å². The van der Waals surface area contributed by atoms with Crippen molar-refractivity contribution in [2.45, 2.75) is 25.3 Å². The van der Waals surface area contributed by atoms with Crippen molar-refractivity contribution in [3.63, 3.8) is 0 Å². The molecule has 1 fully saturated rings. The SMILES string of the molecule is N=C(/C=C\[NH-])C(=O)N1CCC(n2c(=O)ccc3c(N)n4ncc(C5=CC6CC(F)=CC=C6N=C5)c4nc32)CC1. The number of nitrogen functional groups attached to an aromatic ring is 1. The average Bonchev–Trinajstić information content (AvgIpc) is 3.37. The van der Waals surface area contributed by atoms with Crippen molar-refractivity contribution in [1.82, 2.24) is 24.1 Å². The number of dihydropyridines is 1. The number of aromatic nitrogens is 4. The van der Waals surface area contributed by atoms with Gasteiger partial charge in [0, 0.05) is 60.6 Å². The highest BCUT2D eigenvalue weighted by atomic mass is 19.1. The van der Waals surface area contributed by atoms with Crippen LogP contribution in [0.3, 0.4) is 0 Å². The molecule has 1 unspecified atom stereocenters. The molecule has 39 heavy (non-hydrogen) atoms. The van der Waals surface area contributed by atoms with Gasteiger partial charge in [-0.25, -0.2) is 9.37 Å². The lowest BCUT2D eigenvalue weighted by Gasteiger charge is -2.33. The standard InChI is InChI=1S/C27H26FN9O2/c28-17-1-3-22-15(12-17)11-16(13-32-22)20-14-33-37-24(31)19-2-4-23(38)36(25(19)34-26(20)37)18-6-9-35(10-7-18)27(39)21(30)5-8-29/h1-5,8,11,13-15,18H,6-7,9-10,12H2,(H5,29,30,31,33,34,38)/p-1. The van der Waals surface area contributed by atoms with E-state index in [-0.39, 0.29) is 35.5 Å². The number of carbonyl (C=O) groups excluding carboxylic acids is 1. The van der Waals surface area contributed by atoms with Crippen molar-refractivity contribution in [1.29, 1.82) is 5.41 Å². The zero-order chi connectivity index (χ0) is 27.3. The molecule has 3 aliphatic rings. The van der Waals surface area contributed by atoms with E-state index in [1.54, 1.807) is 34.0 Å². The lowest BCUT2D eigenvalue weighted by atomic mass is 9.90. The predicted molar refractivity (Wildman–Crippen MR) is 147 cm³/mol. The third-order valence-corrected chi connectivity index (χ3v) is 7.43. The molecule has 1 atom stereocenters. The van der Waals surface area contributed by atoms with Crippen LogP contribution in [0.5, 0.6) is 0 Å². The van der Waals surface area contributed by atoms with Crippen LogP contribution in [0.4, 0.5) is 10.2 Å². The summed E-state index contributed by atoms with van der Waals surface area (Å²) in [4.78, 5) is 36.6. The molecule has 0 spiro atoms. The van der Waals surface area contributed by atoms with Crippen LogP contribution in [0.25, 0.3) is 28.0 Å². The number of nitrogens with zero attached hydrogens (tertiary/aromatic N) is 6. The van der Waals surface area contributed by atoms with E-state index in [2.05, 4.69) is 10.1 Å². The van der Waals surface area contributed by atoms with Crippen molar-refractivity contribution in [2.24, 2.45) is 10.9 Å². The number of allylic oxidation sites excluding steroid dienone is 5. The summed E-state index contributed by atoms with van der Waals surface area (Å²) in [6, 6.07) is 2.87. The zero-order valence-electron chi connectivity index (χ0n) is 20.8. The number of hydrogen-bond donors (Lipinski definition) is 2. The molecule has 1 saturated heterocycles. The highest BCUT2D eigenvalue weighted by Crippen LogP contribution is 2.35. The Morgan fingerprint density at radius 1 is 1.21 bits per heavy atom. The summed E-state index contributed by atoms with van der Waals surface area (Å²) in [6.07, 6.45) is 11.7. The second-order valence-electron chi connectivity index (χ2n) is 9.74. The molecule has 198 valence electrons. The molecular weight excluding hydrogens is 501 g/mol. The first-order valence-electron chi connectivity index (χ1n) is 12.6. The summed E-state index contributed by atoms with van der Waals surface area (Å²) in [7, 11) is 0. The van der Waals surface area contributed by atoms with Crippen molar-refractivity contribution < 1.29 is 9.18 Å². The topological polar surface area (TPSA) is 159 Å². The third-order valence-electron chi connectivity index (χ3n) is 7.43. The molecular formula is C27H25FN9O2-. The van der Waals surface area contributed by atoms with Crippen LogP contribution in [-0.4, -0.2) is 55.0 Å². The highest BCUT2D eigenvalue weighted by Gasteiger charge is 2.28. The molecule has 6 rings (SSSR count). The second-order valence-corrected chi connectivity index (χ2v) is 9.74. The number of carbonyl (C=O) groups is 1. The monoisotopic (exact) mass is 526 g/mol. The van der Waals surface area contributed by atoms with Crippen molar-refractivity contribution >= 4 is 45.9 Å². The molecule has 4 N–H and O–H groups in total. The lowest BCUT2D eigenvalue weighted by molar-refractivity contribution is -0.125. The predicted octanol–water partition coefficient (Wildman–Crippen LogP) is 3.60. The summed E-state index contributed by atoms with van der Waals surface area (Å²) >= 11 is 0. The Bertz CT molecular complexity index is 1750. The average molecular weight is 527 g/mol. The smallest absolute Gasteiger partial charge is 0.271 e. The number of nitrogens with one attached hydrogen (secondary N) is 2. The molecule has 0 saturated carbocycles. The van der Waals surface area contributed by atoms with Crippen molar-refractivity contribution in [3.05, 3.63) is 82.0 Å². The van der Waals surface area contributed by atoms with Crippen molar-refractivity contribution in [2.75, 3.05) is 18.8 Å². The number of rotatable bonds is 4. The molecule has 3 aromatic heterocycles. The number of halogens is 1. The third kappa shape index (κ3) is 4.13. The van der Waals surface area contributed by atoms with E-state index in [1.165, 1.54) is 16.7 Å². The maximum atomic E-state index is 13.9. The van der Waals surface area contributed by atoms with E-state index in [9.17, 15) is 14.0 Å². The van der Waals surface area contributed by atoms with E-state index in [0.29, 0.717) is 54.0 Å². The zero-order valence-corrected chi connectivity index (χ0v) is 20.8. The molecule has 5 heterocycles. The Morgan fingerprint density at radius 2 is 2.00 bits per heavy atom. The fraction of sp³-hybridized carbons (Fsp3) is 0.259. The van der Waals surface area contributed by atoms with E-state index in [4.69, 9.17) is 21.9 Å². The van der Waals surface area contributed by atoms with Crippen LogP contribution in [0.1, 0.15) is 30.9 Å². The molecule has 1 amide bonds. The summed E-state index contributed by atoms with van der Waals surface area (Å²) in [6.45, 7) is 0.726. The maximum absolute atomic E-state index is 13.9. The first-order chi connectivity index (χ1) is 18.9. The summed E-state index contributed by atoms with van der Waals surface area (Å²) in [5.41, 5.74) is 16.2. The minimum absolute atomic E-state index is 0.188. The Morgan fingerprint density at radius 3 is 2.77 bits per heavy atom. The fourth-order valence-corrected chi connectivity index (χ4v) is 5.43. The largest absolute Gasteiger partial charge is 0.705 e. The van der Waals surface area contributed by atoms with Gasteiger partial charge >= 0.3 is 0 Å². The normalized spacial score (nSPS) is 19.8. The van der Waals surface area contributed by atoms with E-state index in [1.807, 2.05) is 6.08 Å². The number of anilines is 1. The van der Waals surface area contributed by atoms with Crippen LogP contribution in [0.2, 0.25) is 0 Å². The van der Waals surface area contributed by atoms with Crippen LogP contribution in [0.15, 0.2) is 70.1 Å². The lowest BCUT2D eigenvalue weighted by Crippen LogP contribution is -2.43. The van der Waals surface area contributed by atoms with Crippen LogP contribution in [-0.2, 0) is 4.79 Å². The minimum atomic E-state index is -0.441. The molecule has 0 aromatic carbocycles. The number of amides is 1. The molecule has 12 heteroatoms. The summed E-state index contributed by atoms with van der Waals surface area (Å²) < 4.78 is 17.1. The van der Waals surface area contributed by atoms with Gasteiger partial charge in [0.15, 0.2) is 5.65 Å². The first kappa shape index (κ1) is 24.5. The number of pyridine rings is 1. The van der Waals surface area contributed by atoms with Gasteiger partial charge in [0.05, 0.1) is 11.6 Å². The molecule has 3 aromatic rings. The quantitative estimate of drug-likeness (QED) is 0.496. The number of fused-ring (bicyclic) bond motifs is 3. The first-order valence-corrected chi connectivity index (χ1v) is 12.6. The number of nitrogens with two attached hydrogens (primary N) is 1. The van der Waals surface area contributed by atoms with Gasteiger partial charge < -0.3 is 16.4 Å². The maximum Gasteiger partial charge on any atom is 0.271 e.